The summed E-state index contributed by atoms with van der Waals surface area (Å²) in [6.45, 7) is 62.0. The number of imidazole rings is 2. The molecule has 0 saturated carbocycles. The van der Waals surface area contributed by atoms with E-state index in [1.54, 1.807) is 6.33 Å². The Labute approximate surface area is 625 Å². The molecular formula is C90H102N6O2Pt2-2. The van der Waals surface area contributed by atoms with Crippen molar-refractivity contribution in [1.82, 2.24) is 29.1 Å². The van der Waals surface area contributed by atoms with Gasteiger partial charge in [-0.15, -0.1) is 47.5 Å². The maximum Gasteiger partial charge on any atom is 0.148 e. The molecule has 0 aliphatic rings. The molecule has 3 heterocycles. The van der Waals surface area contributed by atoms with Crippen LogP contribution in [0.25, 0.3) is 113 Å². The number of hydrogen-bond acceptors (Lipinski definition) is 6. The predicted octanol–water partition coefficient (Wildman–Crippen LogP) is 23.8. The SMILES string of the molecule is C=Cc1cc(-c2cc(-c3[c-]c(-c4cccc5c4nc(-c4cc(C(C)(C)C)cc(C(C)(C)C)c4O)n5-c4cc(C(C)(C)C)cc(C(C)(C)C)c4)cc(C=C)c3)ncn2)[c-]c(-c2cccc3c2nc(-c2cc(C(C)(C)C)cc(C(C)(C)C)c2O)n3-c2cc(C(C)(C)C)cc(C(C)(C)C)c2)c1.[Pt].[Pt]. The third kappa shape index (κ3) is 15.1. The maximum absolute atomic E-state index is 12.7. The molecule has 0 radical (unpaired) electrons. The van der Waals surface area contributed by atoms with E-state index in [4.69, 9.17) is 19.9 Å². The first-order valence-corrected chi connectivity index (χ1v) is 34.7. The molecule has 526 valence electrons. The summed E-state index contributed by atoms with van der Waals surface area (Å²) in [6, 6.07) is 53.2. The van der Waals surface area contributed by atoms with Crippen LogP contribution in [0, 0.1) is 12.1 Å². The van der Waals surface area contributed by atoms with E-state index in [9.17, 15) is 10.2 Å². The van der Waals surface area contributed by atoms with Crippen molar-refractivity contribution >= 4 is 34.2 Å². The molecule has 0 atom stereocenters. The molecule has 2 N–H and O–H groups in total. The van der Waals surface area contributed by atoms with E-state index in [-0.39, 0.29) is 96.9 Å². The van der Waals surface area contributed by atoms with Crippen molar-refractivity contribution in [2.24, 2.45) is 0 Å². The second kappa shape index (κ2) is 26.9. The number of hydrogen-bond donors (Lipinski definition) is 2. The van der Waals surface area contributed by atoms with Crippen LogP contribution in [0.4, 0.5) is 0 Å². The van der Waals surface area contributed by atoms with Crippen LogP contribution < -0.4 is 0 Å². The molecule has 0 aliphatic heterocycles. The van der Waals surface area contributed by atoms with E-state index in [1.165, 1.54) is 22.3 Å². The molecule has 8 aromatic carbocycles. The molecule has 0 amide bonds. The van der Waals surface area contributed by atoms with Crippen molar-refractivity contribution in [3.63, 3.8) is 0 Å². The third-order valence-electron chi connectivity index (χ3n) is 19.3. The average Bonchev–Trinajstić information content (AvgIpc) is 1.41. The van der Waals surface area contributed by atoms with Gasteiger partial charge < -0.3 is 10.2 Å². The van der Waals surface area contributed by atoms with E-state index in [2.05, 4.69) is 322 Å². The molecule has 0 spiro atoms. The second-order valence-corrected chi connectivity index (χ2v) is 35.4. The molecule has 0 bridgehead atoms. The van der Waals surface area contributed by atoms with Gasteiger partial charge in [0.15, 0.2) is 0 Å². The summed E-state index contributed by atoms with van der Waals surface area (Å²) in [4.78, 5) is 21.3. The van der Waals surface area contributed by atoms with Gasteiger partial charge in [0.1, 0.15) is 23.1 Å². The summed E-state index contributed by atoms with van der Waals surface area (Å²) in [5.41, 5.74) is 21.5. The summed E-state index contributed by atoms with van der Waals surface area (Å²) in [5.74, 6) is 1.74. The van der Waals surface area contributed by atoms with Crippen molar-refractivity contribution in [1.29, 1.82) is 0 Å². The molecule has 10 heteroatoms. The summed E-state index contributed by atoms with van der Waals surface area (Å²) in [5, 5.41) is 25.4. The van der Waals surface area contributed by atoms with Crippen LogP contribution in [0.3, 0.4) is 0 Å². The van der Waals surface area contributed by atoms with Crippen LogP contribution >= 0.6 is 0 Å². The standard InChI is InChI=1S/C90H102N6O2.2Pt/c1-27-53-35-55(67-31-29-33-75-77(67)93-81(69-47-63(87(15,16)17)49-71(79(69)97)89(21,22)23)95(75)65-43-59(83(3,4)5)41-60(44-65)84(6,7)8)39-57(37-53)73-51-74(92-52-91-73)58-38-54(28-2)36-56(40-58)68-32-30-34-76-78(68)94-82(70-48-64(88(18,19)20)50-72(80(70)98)90(24,25)26)96(76)66-45-61(85(9,10)11)42-62(46-66)86(12,13)14;;/h27-38,41-52,97-98H,1-2H2,3-26H3;;/q-2;;. The van der Waals surface area contributed by atoms with Gasteiger partial charge in [0.2, 0.25) is 0 Å². The van der Waals surface area contributed by atoms with E-state index < -0.39 is 0 Å². The molecule has 100 heavy (non-hydrogen) atoms. The zero-order valence-corrected chi connectivity index (χ0v) is 68.0. The first-order valence-electron chi connectivity index (χ1n) is 34.7. The van der Waals surface area contributed by atoms with Crippen molar-refractivity contribution in [3.8, 4) is 90.4 Å². The fourth-order valence-electron chi connectivity index (χ4n) is 13.0. The number of nitrogens with zero attached hydrogens (tertiary/aromatic N) is 6. The number of phenols is 2. The number of aromatic hydroxyl groups is 2. The average molecular weight is 1690 g/mol. The number of aromatic nitrogens is 6. The van der Waals surface area contributed by atoms with Crippen molar-refractivity contribution < 1.29 is 52.3 Å². The van der Waals surface area contributed by atoms with Crippen LogP contribution in [0.1, 0.15) is 222 Å². The maximum atomic E-state index is 12.7. The molecule has 0 unspecified atom stereocenters. The predicted molar refractivity (Wildman–Crippen MR) is 415 cm³/mol. The molecule has 11 aromatic rings. The van der Waals surface area contributed by atoms with Crippen LogP contribution in [0.5, 0.6) is 11.5 Å². The summed E-state index contributed by atoms with van der Waals surface area (Å²) < 4.78 is 4.51. The summed E-state index contributed by atoms with van der Waals surface area (Å²) in [6.07, 6.45) is 5.33. The Morgan fingerprint density at radius 1 is 0.350 bits per heavy atom. The van der Waals surface area contributed by atoms with E-state index in [1.807, 2.05) is 18.2 Å². The first kappa shape index (κ1) is 76.4. The van der Waals surface area contributed by atoms with E-state index in [0.29, 0.717) is 34.2 Å². The quantitative estimate of drug-likeness (QED) is 0.132. The zero-order chi connectivity index (χ0) is 71.7. The van der Waals surface area contributed by atoms with Gasteiger partial charge in [0, 0.05) is 76.0 Å². The second-order valence-electron chi connectivity index (χ2n) is 35.4. The van der Waals surface area contributed by atoms with Gasteiger partial charge in [0.05, 0.1) is 39.5 Å². The van der Waals surface area contributed by atoms with Crippen LogP contribution in [0.2, 0.25) is 0 Å². The van der Waals surface area contributed by atoms with Crippen LogP contribution in [-0.2, 0) is 85.5 Å². The molecule has 0 fully saturated rings. The van der Waals surface area contributed by atoms with Gasteiger partial charge in [-0.2, -0.15) is 0 Å². The largest absolute Gasteiger partial charge is 0.507 e. The van der Waals surface area contributed by atoms with Gasteiger partial charge in [-0.1, -0.05) is 279 Å². The van der Waals surface area contributed by atoms with Gasteiger partial charge in [-0.25, -0.2) is 9.97 Å². The van der Waals surface area contributed by atoms with Crippen molar-refractivity contribution in [2.75, 3.05) is 0 Å². The Morgan fingerprint density at radius 3 is 0.940 bits per heavy atom. The molecule has 8 nitrogen and oxygen atoms in total. The van der Waals surface area contributed by atoms with E-state index >= 15 is 0 Å². The van der Waals surface area contributed by atoms with Crippen molar-refractivity contribution in [3.05, 3.63) is 215 Å². The Hall–Kier alpha value is -7.76. The minimum Gasteiger partial charge on any atom is -0.507 e. The molecule has 0 aliphatic carbocycles. The van der Waals surface area contributed by atoms with Gasteiger partial charge in [-0.3, -0.25) is 19.1 Å². The Balaban J connectivity index is 0.00000583. The molecule has 0 saturated heterocycles. The number of benzene rings is 8. The summed E-state index contributed by atoms with van der Waals surface area (Å²) in [7, 11) is 0. The normalized spacial score (nSPS) is 12.8. The topological polar surface area (TPSA) is 102 Å². The van der Waals surface area contributed by atoms with E-state index in [0.717, 1.165) is 100 Å². The van der Waals surface area contributed by atoms with Crippen LogP contribution in [0.15, 0.2) is 147 Å². The minimum atomic E-state index is -0.371. The number of rotatable bonds is 10. The smallest absolute Gasteiger partial charge is 0.148 e. The molecular weight excluding hydrogens is 1590 g/mol. The molecule has 3 aromatic heterocycles. The van der Waals surface area contributed by atoms with Gasteiger partial charge in [0.25, 0.3) is 0 Å². The fourth-order valence-corrected chi connectivity index (χ4v) is 13.0. The number of phenolic OH excluding ortho intramolecular Hbond substituents is 2. The number of para-hydroxylation sites is 2. The van der Waals surface area contributed by atoms with Gasteiger partial charge >= 0.3 is 0 Å². The molecule has 11 rings (SSSR count). The first-order chi connectivity index (χ1) is 45.3. The fraction of sp³-hybridized carbons (Fsp3) is 0.356. The van der Waals surface area contributed by atoms with Crippen LogP contribution in [-0.4, -0.2) is 39.3 Å². The Bertz CT molecular complexity index is 4620. The number of fused-ring (bicyclic) bond motifs is 2. The zero-order valence-electron chi connectivity index (χ0n) is 63.5. The summed E-state index contributed by atoms with van der Waals surface area (Å²) >= 11 is 0. The van der Waals surface area contributed by atoms with Gasteiger partial charge in [-0.05, 0) is 125 Å². The monoisotopic (exact) mass is 1690 g/mol. The minimum absolute atomic E-state index is 0. The van der Waals surface area contributed by atoms with Crippen molar-refractivity contribution in [2.45, 2.75) is 209 Å². The Kier molecular flexibility index (Phi) is 20.5. The Morgan fingerprint density at radius 2 is 0.650 bits per heavy atom. The third-order valence-corrected chi connectivity index (χ3v) is 19.3.